The third-order valence-corrected chi connectivity index (χ3v) is 6.01. The van der Waals surface area contributed by atoms with E-state index in [-0.39, 0.29) is 23.9 Å². The third-order valence-electron chi connectivity index (χ3n) is 6.01. The van der Waals surface area contributed by atoms with E-state index in [0.29, 0.717) is 43.8 Å². The quantitative estimate of drug-likeness (QED) is 0.661. The number of likely N-dealkylation sites (tertiary alicyclic amines) is 1. The molecule has 1 aliphatic heterocycles. The third kappa shape index (κ3) is 4.94. The zero-order valence-corrected chi connectivity index (χ0v) is 17.6. The van der Waals surface area contributed by atoms with Crippen molar-refractivity contribution < 1.29 is 14.3 Å². The Bertz CT molecular complexity index is 1070. The molecule has 0 spiro atoms. The monoisotopic (exact) mass is 421 g/mol. The summed E-state index contributed by atoms with van der Waals surface area (Å²) >= 11 is 0. The van der Waals surface area contributed by atoms with Gasteiger partial charge in [0.05, 0.1) is 24.7 Å². The summed E-state index contributed by atoms with van der Waals surface area (Å²) in [7, 11) is 0. The number of carbonyl (C=O) groups is 1. The molecule has 0 saturated carbocycles. The van der Waals surface area contributed by atoms with E-state index in [2.05, 4.69) is 11.9 Å². The molecular formula is C24H27N3O4. The van der Waals surface area contributed by atoms with Gasteiger partial charge in [-0.15, -0.1) is 0 Å². The van der Waals surface area contributed by atoms with Crippen LogP contribution in [0.1, 0.15) is 37.7 Å². The van der Waals surface area contributed by atoms with Crippen molar-refractivity contribution in [3.63, 3.8) is 0 Å². The van der Waals surface area contributed by atoms with E-state index in [1.165, 1.54) is 23.2 Å². The minimum atomic E-state index is -1.04. The summed E-state index contributed by atoms with van der Waals surface area (Å²) in [4.78, 5) is 31.3. The molecule has 3 aromatic rings. The van der Waals surface area contributed by atoms with Crippen LogP contribution in [0.3, 0.4) is 0 Å². The van der Waals surface area contributed by atoms with Crippen LogP contribution in [0.4, 0.5) is 0 Å². The molecule has 1 aliphatic rings. The first-order valence-electron chi connectivity index (χ1n) is 10.6. The Labute approximate surface area is 181 Å². The van der Waals surface area contributed by atoms with Gasteiger partial charge >= 0.3 is 0 Å². The van der Waals surface area contributed by atoms with Gasteiger partial charge in [0.2, 0.25) is 5.91 Å². The first-order chi connectivity index (χ1) is 14.9. The van der Waals surface area contributed by atoms with Gasteiger partial charge in [0.25, 0.3) is 5.56 Å². The van der Waals surface area contributed by atoms with Gasteiger partial charge < -0.3 is 14.4 Å². The predicted molar refractivity (Wildman–Crippen MR) is 116 cm³/mol. The van der Waals surface area contributed by atoms with E-state index in [1.807, 2.05) is 35.2 Å². The SMILES string of the molecule is CC(CC(=O)N1CCC(O)(Cn2cnc(-c3ccco3)cc2=O)CC1)c1ccccc1. The van der Waals surface area contributed by atoms with E-state index in [0.717, 1.165) is 5.56 Å². The molecule has 7 heteroatoms. The number of benzene rings is 1. The molecule has 3 heterocycles. The van der Waals surface area contributed by atoms with Gasteiger partial charge in [-0.2, -0.15) is 0 Å². The number of aliphatic hydroxyl groups is 1. The molecule has 1 aromatic carbocycles. The molecule has 4 rings (SSSR count). The molecule has 1 fully saturated rings. The zero-order chi connectivity index (χ0) is 21.8. The van der Waals surface area contributed by atoms with Crippen LogP contribution in [0.25, 0.3) is 11.5 Å². The van der Waals surface area contributed by atoms with Crippen LogP contribution in [0.15, 0.2) is 70.3 Å². The highest BCUT2D eigenvalue weighted by atomic mass is 16.3. The van der Waals surface area contributed by atoms with Crippen LogP contribution in [0.5, 0.6) is 0 Å². The number of piperidine rings is 1. The van der Waals surface area contributed by atoms with Crippen LogP contribution >= 0.6 is 0 Å². The van der Waals surface area contributed by atoms with Crippen LogP contribution in [0, 0.1) is 0 Å². The fourth-order valence-electron chi connectivity index (χ4n) is 4.04. The number of rotatable bonds is 6. The molecule has 2 aromatic heterocycles. The topological polar surface area (TPSA) is 88.6 Å². The number of hydrogen-bond donors (Lipinski definition) is 1. The Hall–Kier alpha value is -3.19. The van der Waals surface area contributed by atoms with Crippen molar-refractivity contribution in [2.45, 2.75) is 44.2 Å². The summed E-state index contributed by atoms with van der Waals surface area (Å²) in [6, 6.07) is 14.9. The normalized spacial score (nSPS) is 16.8. The average molecular weight is 421 g/mol. The van der Waals surface area contributed by atoms with Crippen LogP contribution in [-0.4, -0.2) is 44.2 Å². The van der Waals surface area contributed by atoms with Gasteiger partial charge in [-0.1, -0.05) is 37.3 Å². The maximum Gasteiger partial charge on any atom is 0.254 e. The molecule has 1 saturated heterocycles. The Morgan fingerprint density at radius 2 is 1.94 bits per heavy atom. The van der Waals surface area contributed by atoms with Gasteiger partial charge in [0, 0.05) is 25.6 Å². The van der Waals surface area contributed by atoms with Gasteiger partial charge in [-0.05, 0) is 36.5 Å². The van der Waals surface area contributed by atoms with E-state index in [1.54, 1.807) is 12.1 Å². The fourth-order valence-corrected chi connectivity index (χ4v) is 4.04. The summed E-state index contributed by atoms with van der Waals surface area (Å²) in [5.74, 6) is 0.770. The van der Waals surface area contributed by atoms with Crippen molar-refractivity contribution in [3.8, 4) is 11.5 Å². The van der Waals surface area contributed by atoms with E-state index < -0.39 is 5.60 Å². The van der Waals surface area contributed by atoms with Crippen LogP contribution < -0.4 is 5.56 Å². The highest BCUT2D eigenvalue weighted by Gasteiger charge is 2.34. The van der Waals surface area contributed by atoms with Crippen molar-refractivity contribution in [2.75, 3.05) is 13.1 Å². The zero-order valence-electron chi connectivity index (χ0n) is 17.6. The first kappa shape index (κ1) is 21.1. The van der Waals surface area contributed by atoms with E-state index in [4.69, 9.17) is 4.42 Å². The van der Waals surface area contributed by atoms with E-state index >= 15 is 0 Å². The minimum absolute atomic E-state index is 0.0973. The molecule has 31 heavy (non-hydrogen) atoms. The van der Waals surface area contributed by atoms with Crippen molar-refractivity contribution in [2.24, 2.45) is 0 Å². The number of carbonyl (C=O) groups excluding carboxylic acids is 1. The second-order valence-corrected chi connectivity index (χ2v) is 8.34. The number of furan rings is 1. The summed E-state index contributed by atoms with van der Waals surface area (Å²) in [5.41, 5.74) is 0.324. The van der Waals surface area contributed by atoms with Crippen LogP contribution in [0.2, 0.25) is 0 Å². The molecule has 0 aliphatic carbocycles. The van der Waals surface area contributed by atoms with Crippen molar-refractivity contribution in [3.05, 3.63) is 77.0 Å². The standard InChI is InChI=1S/C24H27N3O4/c1-18(19-6-3-2-4-7-19)14-22(28)26-11-9-24(30,10-12-26)16-27-17-25-20(15-23(27)29)21-8-5-13-31-21/h2-8,13,15,17-18,30H,9-12,14,16H2,1H3. The molecule has 1 amide bonds. The molecule has 1 N–H and O–H groups in total. The smallest absolute Gasteiger partial charge is 0.254 e. The highest BCUT2D eigenvalue weighted by molar-refractivity contribution is 5.77. The van der Waals surface area contributed by atoms with Crippen molar-refractivity contribution >= 4 is 5.91 Å². The number of aromatic nitrogens is 2. The largest absolute Gasteiger partial charge is 0.463 e. The summed E-state index contributed by atoms with van der Waals surface area (Å²) in [5, 5.41) is 11.0. The molecule has 0 radical (unpaired) electrons. The number of nitrogens with zero attached hydrogens (tertiary/aromatic N) is 3. The van der Waals surface area contributed by atoms with Gasteiger partial charge in [0.15, 0.2) is 5.76 Å². The second-order valence-electron chi connectivity index (χ2n) is 8.34. The lowest BCUT2D eigenvalue weighted by Gasteiger charge is -2.38. The highest BCUT2D eigenvalue weighted by Crippen LogP contribution is 2.26. The predicted octanol–water partition coefficient (Wildman–Crippen LogP) is 3.05. The van der Waals surface area contributed by atoms with Gasteiger partial charge in [0.1, 0.15) is 5.69 Å². The minimum Gasteiger partial charge on any atom is -0.463 e. The lowest BCUT2D eigenvalue weighted by molar-refractivity contribution is -0.136. The van der Waals surface area contributed by atoms with Crippen molar-refractivity contribution in [1.29, 1.82) is 0 Å². The first-order valence-corrected chi connectivity index (χ1v) is 10.6. The second kappa shape index (κ2) is 8.89. The maximum atomic E-state index is 12.7. The lowest BCUT2D eigenvalue weighted by Crippen LogP contribution is -2.49. The maximum absolute atomic E-state index is 12.7. The summed E-state index contributed by atoms with van der Waals surface area (Å²) in [6.45, 7) is 3.16. The summed E-state index contributed by atoms with van der Waals surface area (Å²) in [6.07, 6.45) is 4.26. The number of amides is 1. The molecule has 162 valence electrons. The molecule has 1 unspecified atom stereocenters. The Morgan fingerprint density at radius 3 is 2.58 bits per heavy atom. The van der Waals surface area contributed by atoms with Crippen molar-refractivity contribution in [1.82, 2.24) is 14.5 Å². The molecule has 0 bridgehead atoms. The lowest BCUT2D eigenvalue weighted by atomic mass is 9.90. The van der Waals surface area contributed by atoms with Gasteiger partial charge in [-0.25, -0.2) is 4.98 Å². The Kier molecular flexibility index (Phi) is 6.04. The average Bonchev–Trinajstić information content (AvgIpc) is 3.31. The van der Waals surface area contributed by atoms with Crippen LogP contribution in [-0.2, 0) is 11.3 Å². The Morgan fingerprint density at radius 1 is 1.19 bits per heavy atom. The molecule has 1 atom stereocenters. The molecular weight excluding hydrogens is 394 g/mol. The summed E-state index contributed by atoms with van der Waals surface area (Å²) < 4.78 is 6.69. The number of hydrogen-bond acceptors (Lipinski definition) is 5. The van der Waals surface area contributed by atoms with Gasteiger partial charge in [-0.3, -0.25) is 14.2 Å². The molecule has 7 nitrogen and oxygen atoms in total. The van der Waals surface area contributed by atoms with E-state index in [9.17, 15) is 14.7 Å². The fraction of sp³-hybridized carbons (Fsp3) is 0.375. The Balaban J connectivity index is 1.34.